The summed E-state index contributed by atoms with van der Waals surface area (Å²) in [6.45, 7) is 4.53. The lowest BCUT2D eigenvalue weighted by atomic mass is 10.2. The minimum absolute atomic E-state index is 0.0772. The van der Waals surface area contributed by atoms with Crippen LogP contribution in [0, 0.1) is 6.92 Å². The van der Waals surface area contributed by atoms with Crippen LogP contribution >= 0.6 is 0 Å². The molecule has 0 fully saturated rings. The summed E-state index contributed by atoms with van der Waals surface area (Å²) in [5.74, 6) is -0.177. The minimum Gasteiger partial charge on any atom is -0.494 e. The third-order valence-corrected chi connectivity index (χ3v) is 2.76. The molecule has 1 aromatic carbocycles. The fourth-order valence-corrected chi connectivity index (χ4v) is 1.61. The van der Waals surface area contributed by atoms with Crippen molar-refractivity contribution in [2.75, 3.05) is 25.5 Å². The van der Waals surface area contributed by atoms with Crippen molar-refractivity contribution in [2.24, 2.45) is 0 Å². The van der Waals surface area contributed by atoms with E-state index in [1.165, 1.54) is 4.90 Å². The number of carbonyl (C=O) groups excluding carboxylic acids is 1. The van der Waals surface area contributed by atoms with E-state index in [2.05, 4.69) is 5.32 Å². The average molecular weight is 280 g/mol. The van der Waals surface area contributed by atoms with Gasteiger partial charge >= 0.3 is 12.0 Å². The first-order valence-electron chi connectivity index (χ1n) is 6.41. The van der Waals surface area contributed by atoms with Crippen molar-refractivity contribution >= 4 is 17.7 Å². The molecule has 1 rings (SSSR count). The molecule has 2 amide bonds. The van der Waals surface area contributed by atoms with E-state index in [0.717, 1.165) is 11.3 Å². The van der Waals surface area contributed by atoms with Gasteiger partial charge in [-0.05, 0) is 37.6 Å². The van der Waals surface area contributed by atoms with Crippen molar-refractivity contribution < 1.29 is 19.4 Å². The van der Waals surface area contributed by atoms with E-state index < -0.39 is 5.97 Å². The molecule has 0 aromatic heterocycles. The average Bonchev–Trinajstić information content (AvgIpc) is 2.39. The van der Waals surface area contributed by atoms with Crippen LogP contribution in [0.3, 0.4) is 0 Å². The van der Waals surface area contributed by atoms with E-state index in [1.54, 1.807) is 19.2 Å². The zero-order valence-electron chi connectivity index (χ0n) is 12.0. The first-order chi connectivity index (χ1) is 9.43. The SMILES string of the molecule is CCOc1ccc(NC(=O)N(C)CCC(=O)O)c(C)c1. The van der Waals surface area contributed by atoms with Crippen molar-refractivity contribution in [1.82, 2.24) is 4.90 Å². The lowest BCUT2D eigenvalue weighted by Gasteiger charge is -2.18. The number of aryl methyl sites for hydroxylation is 1. The Hall–Kier alpha value is -2.24. The molecule has 1 aromatic rings. The Morgan fingerprint density at radius 2 is 2.10 bits per heavy atom. The smallest absolute Gasteiger partial charge is 0.321 e. The Labute approximate surface area is 118 Å². The lowest BCUT2D eigenvalue weighted by molar-refractivity contribution is -0.137. The highest BCUT2D eigenvalue weighted by Crippen LogP contribution is 2.21. The fourth-order valence-electron chi connectivity index (χ4n) is 1.61. The largest absolute Gasteiger partial charge is 0.494 e. The third kappa shape index (κ3) is 4.79. The fraction of sp³-hybridized carbons (Fsp3) is 0.429. The number of benzene rings is 1. The summed E-state index contributed by atoms with van der Waals surface area (Å²) in [4.78, 5) is 23.7. The van der Waals surface area contributed by atoms with Crippen LogP contribution in [0.2, 0.25) is 0 Å². The number of carbonyl (C=O) groups is 2. The molecule has 6 heteroatoms. The Morgan fingerprint density at radius 3 is 2.65 bits per heavy atom. The van der Waals surface area contributed by atoms with Crippen molar-refractivity contribution in [3.63, 3.8) is 0 Å². The second kappa shape index (κ2) is 7.37. The van der Waals surface area contributed by atoms with Crippen LogP contribution in [0.4, 0.5) is 10.5 Å². The van der Waals surface area contributed by atoms with Gasteiger partial charge in [0.05, 0.1) is 13.0 Å². The van der Waals surface area contributed by atoms with Crippen molar-refractivity contribution in [1.29, 1.82) is 0 Å². The molecule has 6 nitrogen and oxygen atoms in total. The molecule has 0 aliphatic rings. The highest BCUT2D eigenvalue weighted by Gasteiger charge is 2.11. The van der Waals surface area contributed by atoms with E-state index in [4.69, 9.17) is 9.84 Å². The number of ether oxygens (including phenoxy) is 1. The number of hydrogen-bond acceptors (Lipinski definition) is 3. The van der Waals surface area contributed by atoms with Crippen molar-refractivity contribution in [3.8, 4) is 5.75 Å². The minimum atomic E-state index is -0.929. The van der Waals surface area contributed by atoms with Gasteiger partial charge in [0, 0.05) is 19.3 Å². The second-order valence-electron chi connectivity index (χ2n) is 4.41. The van der Waals surface area contributed by atoms with Crippen LogP contribution in [-0.2, 0) is 4.79 Å². The number of nitrogens with zero attached hydrogens (tertiary/aromatic N) is 1. The Balaban J connectivity index is 2.63. The topological polar surface area (TPSA) is 78.9 Å². The quantitative estimate of drug-likeness (QED) is 0.838. The predicted molar refractivity (Wildman–Crippen MR) is 76.2 cm³/mol. The van der Waals surface area contributed by atoms with Gasteiger partial charge < -0.3 is 20.1 Å². The van der Waals surface area contributed by atoms with Crippen LogP contribution < -0.4 is 10.1 Å². The number of hydrogen-bond donors (Lipinski definition) is 2. The van der Waals surface area contributed by atoms with E-state index in [9.17, 15) is 9.59 Å². The van der Waals surface area contributed by atoms with Crippen molar-refractivity contribution in [3.05, 3.63) is 23.8 Å². The maximum atomic E-state index is 11.9. The first-order valence-corrected chi connectivity index (χ1v) is 6.41. The Bertz CT molecular complexity index is 488. The van der Waals surface area contributed by atoms with Gasteiger partial charge in [0.2, 0.25) is 0 Å². The molecule has 0 unspecified atom stereocenters. The van der Waals surface area contributed by atoms with E-state index >= 15 is 0 Å². The molecule has 0 heterocycles. The number of carboxylic acids is 1. The van der Waals surface area contributed by atoms with Crippen LogP contribution in [0.5, 0.6) is 5.75 Å². The zero-order valence-corrected chi connectivity index (χ0v) is 12.0. The van der Waals surface area contributed by atoms with Gasteiger partial charge in [-0.2, -0.15) is 0 Å². The molecule has 0 saturated heterocycles. The lowest BCUT2D eigenvalue weighted by Crippen LogP contribution is -2.33. The van der Waals surface area contributed by atoms with Gasteiger partial charge in [-0.1, -0.05) is 0 Å². The van der Waals surface area contributed by atoms with Gasteiger partial charge in [0.25, 0.3) is 0 Å². The number of aliphatic carboxylic acids is 1. The normalized spacial score (nSPS) is 9.95. The predicted octanol–water partition coefficient (Wildman–Crippen LogP) is 2.33. The number of rotatable bonds is 6. The van der Waals surface area contributed by atoms with E-state index in [-0.39, 0.29) is 19.0 Å². The van der Waals surface area contributed by atoms with Gasteiger partial charge in [0.1, 0.15) is 5.75 Å². The van der Waals surface area contributed by atoms with Gasteiger partial charge in [0.15, 0.2) is 0 Å². The summed E-state index contributed by atoms with van der Waals surface area (Å²) in [6.07, 6.45) is -0.0772. The van der Waals surface area contributed by atoms with Crippen LogP contribution in [-0.4, -0.2) is 42.2 Å². The summed E-state index contributed by atoms with van der Waals surface area (Å²) in [6, 6.07) is 5.06. The van der Waals surface area contributed by atoms with Crippen LogP contribution in [0.1, 0.15) is 18.9 Å². The second-order valence-corrected chi connectivity index (χ2v) is 4.41. The monoisotopic (exact) mass is 280 g/mol. The third-order valence-electron chi connectivity index (χ3n) is 2.76. The molecular formula is C14H20N2O4. The molecule has 20 heavy (non-hydrogen) atoms. The number of urea groups is 1. The number of anilines is 1. The summed E-state index contributed by atoms with van der Waals surface area (Å²) in [7, 11) is 1.56. The molecule has 0 radical (unpaired) electrons. The highest BCUT2D eigenvalue weighted by molar-refractivity contribution is 5.90. The Kier molecular flexibility index (Phi) is 5.83. The molecule has 0 spiro atoms. The van der Waals surface area contributed by atoms with E-state index in [0.29, 0.717) is 12.3 Å². The first kappa shape index (κ1) is 15.8. The summed E-state index contributed by atoms with van der Waals surface area (Å²) >= 11 is 0. The van der Waals surface area contributed by atoms with Gasteiger partial charge in [-0.25, -0.2) is 4.79 Å². The molecule has 2 N–H and O–H groups in total. The summed E-state index contributed by atoms with van der Waals surface area (Å²) in [5.41, 5.74) is 1.57. The molecular weight excluding hydrogens is 260 g/mol. The Morgan fingerprint density at radius 1 is 1.40 bits per heavy atom. The highest BCUT2D eigenvalue weighted by atomic mass is 16.5. The molecule has 110 valence electrons. The zero-order chi connectivity index (χ0) is 15.1. The summed E-state index contributed by atoms with van der Waals surface area (Å²) in [5, 5.41) is 11.3. The van der Waals surface area contributed by atoms with Gasteiger partial charge in [-0.3, -0.25) is 4.79 Å². The van der Waals surface area contributed by atoms with E-state index in [1.807, 2.05) is 19.9 Å². The maximum Gasteiger partial charge on any atom is 0.321 e. The standard InChI is InChI=1S/C14H20N2O4/c1-4-20-11-5-6-12(10(2)9-11)15-14(19)16(3)8-7-13(17)18/h5-6,9H,4,7-8H2,1-3H3,(H,15,19)(H,17,18). The van der Waals surface area contributed by atoms with Crippen LogP contribution in [0.25, 0.3) is 0 Å². The van der Waals surface area contributed by atoms with Crippen molar-refractivity contribution in [2.45, 2.75) is 20.3 Å². The number of carboxylic acid groups (broad SMARTS) is 1. The summed E-state index contributed by atoms with van der Waals surface area (Å²) < 4.78 is 5.37. The van der Waals surface area contributed by atoms with Gasteiger partial charge in [-0.15, -0.1) is 0 Å². The molecule has 0 aliphatic carbocycles. The number of nitrogens with one attached hydrogen (secondary N) is 1. The molecule has 0 bridgehead atoms. The van der Waals surface area contributed by atoms with Crippen LogP contribution in [0.15, 0.2) is 18.2 Å². The molecule has 0 saturated carbocycles. The molecule has 0 aliphatic heterocycles. The number of amides is 2. The molecule has 0 atom stereocenters. The maximum absolute atomic E-state index is 11.9.